The third-order valence-corrected chi connectivity index (χ3v) is 6.57. The maximum atomic E-state index is 2.42. The molecule has 0 saturated carbocycles. The van der Waals surface area contributed by atoms with Crippen LogP contribution in [-0.2, 0) is 5.41 Å². The minimum Gasteiger partial charge on any atom is -0.129 e. The Morgan fingerprint density at radius 1 is 1.06 bits per heavy atom. The van der Waals surface area contributed by atoms with Gasteiger partial charge in [-0.1, -0.05) is 37.3 Å². The van der Waals surface area contributed by atoms with Crippen molar-refractivity contribution in [1.29, 1.82) is 0 Å². The summed E-state index contributed by atoms with van der Waals surface area (Å²) in [6.45, 7) is 2.42. The minimum atomic E-state index is 0.300. The molecule has 0 fully saturated rings. The lowest BCUT2D eigenvalue weighted by Gasteiger charge is -2.29. The van der Waals surface area contributed by atoms with E-state index in [1.165, 1.54) is 29.9 Å². The van der Waals surface area contributed by atoms with Gasteiger partial charge in [0.25, 0.3) is 0 Å². The van der Waals surface area contributed by atoms with Gasteiger partial charge in [0.2, 0.25) is 0 Å². The highest BCUT2D eigenvalue weighted by molar-refractivity contribution is 8.10. The molecule has 0 amide bonds. The van der Waals surface area contributed by atoms with Crippen LogP contribution in [-0.4, -0.2) is 11.5 Å². The normalized spacial score (nSPS) is 29.3. The van der Waals surface area contributed by atoms with Gasteiger partial charge >= 0.3 is 0 Å². The van der Waals surface area contributed by atoms with Crippen LogP contribution in [0.4, 0.5) is 0 Å². The Bertz CT molecular complexity index is 422. The molecule has 0 radical (unpaired) electrons. The van der Waals surface area contributed by atoms with Gasteiger partial charge in [0.05, 0.1) is 0 Å². The second-order valence-electron chi connectivity index (χ2n) is 4.65. The van der Waals surface area contributed by atoms with Crippen molar-refractivity contribution < 1.29 is 0 Å². The maximum Gasteiger partial charge on any atom is 0.0245 e. The first-order valence-corrected chi connectivity index (χ1v) is 7.82. The largest absolute Gasteiger partial charge is 0.129 e. The third kappa shape index (κ3) is 1.63. The van der Waals surface area contributed by atoms with E-state index in [0.717, 1.165) is 0 Å². The lowest BCUT2D eigenvalue weighted by Crippen LogP contribution is -2.20. The average Bonchev–Trinajstić information content (AvgIpc) is 2.71. The first-order valence-electron chi connectivity index (χ1n) is 5.85. The van der Waals surface area contributed by atoms with Gasteiger partial charge in [-0.05, 0) is 23.3 Å². The monoisotopic (exact) mass is 248 g/mol. The van der Waals surface area contributed by atoms with Crippen molar-refractivity contribution in [1.82, 2.24) is 0 Å². The number of benzene rings is 1. The summed E-state index contributed by atoms with van der Waals surface area (Å²) in [7, 11) is 0. The van der Waals surface area contributed by atoms with Crippen molar-refractivity contribution in [2.24, 2.45) is 0 Å². The Balaban J connectivity index is 2.03. The standard InChI is InChI=1S/C14H16S2/c1-14(11-5-3-2-4-6-11)8-7-12-13(14)16-10-9-15-12/h2-6H,7-10H2,1H3. The molecule has 0 bridgehead atoms. The van der Waals surface area contributed by atoms with Crippen molar-refractivity contribution in [3.8, 4) is 0 Å². The van der Waals surface area contributed by atoms with Crippen LogP contribution < -0.4 is 0 Å². The van der Waals surface area contributed by atoms with Crippen LogP contribution in [0.25, 0.3) is 0 Å². The lowest BCUT2D eigenvalue weighted by atomic mass is 9.82. The molecule has 0 aromatic heterocycles. The fraction of sp³-hybridized carbons (Fsp3) is 0.429. The molecule has 1 atom stereocenters. The third-order valence-electron chi connectivity index (χ3n) is 3.62. The summed E-state index contributed by atoms with van der Waals surface area (Å²) < 4.78 is 0. The number of thioether (sulfide) groups is 2. The number of hydrogen-bond donors (Lipinski definition) is 0. The van der Waals surface area contributed by atoms with Gasteiger partial charge in [0.1, 0.15) is 0 Å². The molecular formula is C14H16S2. The zero-order chi connectivity index (χ0) is 11.0. The first-order chi connectivity index (χ1) is 7.81. The van der Waals surface area contributed by atoms with E-state index in [-0.39, 0.29) is 0 Å². The van der Waals surface area contributed by atoms with E-state index in [9.17, 15) is 0 Å². The molecule has 1 heterocycles. The number of allylic oxidation sites excluding steroid dienone is 2. The van der Waals surface area contributed by atoms with Crippen LogP contribution in [0.2, 0.25) is 0 Å². The van der Waals surface area contributed by atoms with Crippen molar-refractivity contribution >= 4 is 23.5 Å². The Kier molecular flexibility index (Phi) is 2.80. The van der Waals surface area contributed by atoms with Gasteiger partial charge in [0, 0.05) is 21.8 Å². The van der Waals surface area contributed by atoms with Gasteiger partial charge in [0.15, 0.2) is 0 Å². The van der Waals surface area contributed by atoms with Gasteiger partial charge in [-0.3, -0.25) is 0 Å². The molecule has 2 aliphatic rings. The average molecular weight is 248 g/mol. The molecule has 2 heteroatoms. The summed E-state index contributed by atoms with van der Waals surface area (Å²) in [6, 6.07) is 11.0. The lowest BCUT2D eigenvalue weighted by molar-refractivity contribution is 0.572. The summed E-state index contributed by atoms with van der Waals surface area (Å²) in [5.74, 6) is 2.58. The Labute approximate surface area is 106 Å². The first kappa shape index (κ1) is 10.8. The van der Waals surface area contributed by atoms with Crippen LogP contribution in [0.15, 0.2) is 40.1 Å². The summed E-state index contributed by atoms with van der Waals surface area (Å²) in [5.41, 5.74) is 1.80. The van der Waals surface area contributed by atoms with Gasteiger partial charge in [-0.25, -0.2) is 0 Å². The molecule has 0 saturated heterocycles. The molecule has 84 valence electrons. The Morgan fingerprint density at radius 3 is 2.62 bits per heavy atom. The molecular weight excluding hydrogens is 232 g/mol. The van der Waals surface area contributed by atoms with Crippen molar-refractivity contribution in [2.75, 3.05) is 11.5 Å². The fourth-order valence-corrected chi connectivity index (χ4v) is 5.54. The van der Waals surface area contributed by atoms with Gasteiger partial charge in [-0.15, -0.1) is 23.5 Å². The zero-order valence-electron chi connectivity index (χ0n) is 9.53. The Hall–Kier alpha value is -0.340. The molecule has 1 aromatic carbocycles. The quantitative estimate of drug-likeness (QED) is 0.721. The SMILES string of the molecule is CC1(c2ccccc2)CCC2=C1SCCS2. The van der Waals surface area contributed by atoms with E-state index < -0.39 is 0 Å². The van der Waals surface area contributed by atoms with Crippen molar-refractivity contribution in [2.45, 2.75) is 25.2 Å². The molecule has 1 aliphatic carbocycles. The van der Waals surface area contributed by atoms with Crippen molar-refractivity contribution in [3.05, 3.63) is 45.7 Å². The van der Waals surface area contributed by atoms with Crippen LogP contribution in [0.3, 0.4) is 0 Å². The van der Waals surface area contributed by atoms with E-state index in [1.54, 1.807) is 9.81 Å². The van der Waals surface area contributed by atoms with Gasteiger partial charge in [-0.2, -0.15) is 0 Å². The topological polar surface area (TPSA) is 0 Å². The smallest absolute Gasteiger partial charge is 0.0245 e. The highest BCUT2D eigenvalue weighted by Gasteiger charge is 2.39. The second kappa shape index (κ2) is 4.15. The number of hydrogen-bond acceptors (Lipinski definition) is 2. The Morgan fingerprint density at radius 2 is 1.81 bits per heavy atom. The van der Waals surface area contributed by atoms with Crippen LogP contribution in [0.5, 0.6) is 0 Å². The van der Waals surface area contributed by atoms with E-state index in [0.29, 0.717) is 5.41 Å². The molecule has 1 aliphatic heterocycles. The highest BCUT2D eigenvalue weighted by atomic mass is 32.2. The summed E-state index contributed by atoms with van der Waals surface area (Å²) >= 11 is 4.18. The molecule has 1 unspecified atom stereocenters. The second-order valence-corrected chi connectivity index (χ2v) is 6.94. The van der Waals surface area contributed by atoms with Gasteiger partial charge < -0.3 is 0 Å². The van der Waals surface area contributed by atoms with E-state index >= 15 is 0 Å². The zero-order valence-corrected chi connectivity index (χ0v) is 11.2. The molecule has 1 aromatic rings. The fourth-order valence-electron chi connectivity index (χ4n) is 2.67. The minimum absolute atomic E-state index is 0.300. The van der Waals surface area contributed by atoms with Crippen LogP contribution >= 0.6 is 23.5 Å². The molecule has 0 nitrogen and oxygen atoms in total. The van der Waals surface area contributed by atoms with Crippen LogP contribution in [0.1, 0.15) is 25.3 Å². The predicted molar refractivity (Wildman–Crippen MR) is 75.0 cm³/mol. The summed E-state index contributed by atoms with van der Waals surface area (Å²) in [5, 5.41) is 0. The molecule has 0 spiro atoms. The van der Waals surface area contributed by atoms with E-state index in [2.05, 4.69) is 60.8 Å². The summed E-state index contributed by atoms with van der Waals surface area (Å²) in [4.78, 5) is 3.33. The highest BCUT2D eigenvalue weighted by Crippen LogP contribution is 2.55. The maximum absolute atomic E-state index is 2.42. The van der Waals surface area contributed by atoms with E-state index in [1.807, 2.05) is 0 Å². The number of rotatable bonds is 1. The van der Waals surface area contributed by atoms with Crippen molar-refractivity contribution in [3.63, 3.8) is 0 Å². The molecule has 16 heavy (non-hydrogen) atoms. The van der Waals surface area contributed by atoms with Crippen LogP contribution in [0, 0.1) is 0 Å². The molecule has 3 rings (SSSR count). The predicted octanol–water partition coefficient (Wildman–Crippen LogP) is 4.43. The summed E-state index contributed by atoms with van der Waals surface area (Å²) in [6.07, 6.45) is 2.58. The molecule has 0 N–H and O–H groups in total. The van der Waals surface area contributed by atoms with E-state index in [4.69, 9.17) is 0 Å².